The van der Waals surface area contributed by atoms with Crippen LogP contribution in [0.25, 0.3) is 0 Å². The number of aliphatic carboxylic acids is 4. The second kappa shape index (κ2) is 33.6. The van der Waals surface area contributed by atoms with E-state index in [0.717, 1.165) is 64.2 Å². The highest BCUT2D eigenvalue weighted by molar-refractivity contribution is 5.87. The Morgan fingerprint density at radius 1 is 0.466 bits per heavy atom. The van der Waals surface area contributed by atoms with Crippen LogP contribution in [0.1, 0.15) is 182 Å². The van der Waals surface area contributed by atoms with Gasteiger partial charge in [0.05, 0.1) is 5.92 Å². The van der Waals surface area contributed by atoms with Crippen molar-refractivity contribution in [2.75, 3.05) is 6.54 Å². The first-order valence-electron chi connectivity index (χ1n) is 21.3. The molecule has 0 unspecified atom stereocenters. The summed E-state index contributed by atoms with van der Waals surface area (Å²) in [6.07, 6.45) is 14.9. The number of unbranched alkanes of at least 4 members (excludes halogenated alkanes) is 14. The number of carbonyl (C=O) groups is 9. The van der Waals surface area contributed by atoms with E-state index in [9.17, 15) is 58.5 Å². The van der Waals surface area contributed by atoms with Gasteiger partial charge >= 0.3 is 23.9 Å². The highest BCUT2D eigenvalue weighted by Crippen LogP contribution is 2.17. The quantitative estimate of drug-likeness (QED) is 0.0340. The predicted octanol–water partition coefficient (Wildman–Crippen LogP) is 6.21. The van der Waals surface area contributed by atoms with Crippen LogP contribution in [-0.2, 0) is 43.2 Å². The molecule has 0 saturated heterocycles. The molecule has 0 bridgehead atoms. The minimum Gasteiger partial charge on any atom is -0.481 e. The number of carboxylic acids is 4. The third kappa shape index (κ3) is 30.7. The summed E-state index contributed by atoms with van der Waals surface area (Å²) in [5.41, 5.74) is 0. The van der Waals surface area contributed by atoms with E-state index in [1.54, 1.807) is 0 Å². The lowest BCUT2D eigenvalue weighted by atomic mass is 9.94. The second-order valence-corrected chi connectivity index (χ2v) is 15.5. The molecular weight excluding hydrogens is 754 g/mol. The van der Waals surface area contributed by atoms with Crippen molar-refractivity contribution < 1.29 is 65.0 Å². The molecule has 0 saturated carbocycles. The summed E-state index contributed by atoms with van der Waals surface area (Å²) in [5, 5.41) is 44.8. The zero-order chi connectivity index (χ0) is 43.7. The lowest BCUT2D eigenvalue weighted by Crippen LogP contribution is -2.42. The normalized spacial score (nSPS) is 13.1. The van der Waals surface area contributed by atoms with Gasteiger partial charge in [0.2, 0.25) is 17.7 Å². The van der Waals surface area contributed by atoms with Crippen molar-refractivity contribution in [3.8, 4) is 0 Å². The van der Waals surface area contributed by atoms with Gasteiger partial charge in [-0.05, 0) is 51.9 Å². The van der Waals surface area contributed by atoms with Crippen LogP contribution in [0.15, 0.2) is 0 Å². The summed E-state index contributed by atoms with van der Waals surface area (Å²) in [6.45, 7) is 3.72. The number of carbonyl (C=O) groups excluding carboxylic acids is 5. The molecule has 0 aromatic rings. The summed E-state index contributed by atoms with van der Waals surface area (Å²) in [6, 6.07) is -2.71. The van der Waals surface area contributed by atoms with Gasteiger partial charge in [-0.25, -0.2) is 9.59 Å². The molecule has 7 N–H and O–H groups in total. The van der Waals surface area contributed by atoms with Gasteiger partial charge in [-0.1, -0.05) is 90.4 Å². The summed E-state index contributed by atoms with van der Waals surface area (Å²) in [4.78, 5) is 107. The molecule has 16 heteroatoms. The van der Waals surface area contributed by atoms with E-state index < -0.39 is 78.2 Å². The maximum Gasteiger partial charge on any atom is 0.326 e. The molecule has 334 valence electrons. The Labute approximate surface area is 344 Å². The highest BCUT2D eigenvalue weighted by Gasteiger charge is 2.27. The number of hydrogen-bond acceptors (Lipinski definition) is 9. The zero-order valence-electron chi connectivity index (χ0n) is 34.9. The second-order valence-electron chi connectivity index (χ2n) is 15.5. The van der Waals surface area contributed by atoms with E-state index in [1.165, 1.54) is 32.6 Å². The lowest BCUT2D eigenvalue weighted by molar-refractivity contribution is -0.145. The van der Waals surface area contributed by atoms with Crippen molar-refractivity contribution in [3.63, 3.8) is 0 Å². The van der Waals surface area contributed by atoms with E-state index in [-0.39, 0.29) is 58.1 Å². The molecule has 0 aromatic carbocycles. The van der Waals surface area contributed by atoms with E-state index in [1.807, 2.05) is 6.92 Å². The van der Waals surface area contributed by atoms with Gasteiger partial charge < -0.3 is 36.4 Å². The number of rotatable bonds is 39. The van der Waals surface area contributed by atoms with Crippen molar-refractivity contribution in [2.24, 2.45) is 11.8 Å². The predicted molar refractivity (Wildman–Crippen MR) is 218 cm³/mol. The Morgan fingerprint density at radius 3 is 1.34 bits per heavy atom. The van der Waals surface area contributed by atoms with Crippen LogP contribution in [0.3, 0.4) is 0 Å². The highest BCUT2D eigenvalue weighted by atomic mass is 16.4. The largest absolute Gasteiger partial charge is 0.481 e. The third-order valence-electron chi connectivity index (χ3n) is 10.3. The van der Waals surface area contributed by atoms with Gasteiger partial charge in [-0.2, -0.15) is 0 Å². The third-order valence-corrected chi connectivity index (χ3v) is 10.3. The Balaban J connectivity index is 0. The van der Waals surface area contributed by atoms with Crippen LogP contribution in [0.2, 0.25) is 0 Å². The Kier molecular flexibility index (Phi) is 31.1. The van der Waals surface area contributed by atoms with Crippen molar-refractivity contribution in [3.05, 3.63) is 0 Å². The first-order valence-corrected chi connectivity index (χ1v) is 21.3. The molecule has 0 aromatic heterocycles. The molecule has 0 fully saturated rings. The minimum absolute atomic E-state index is 0. The SMILES string of the molecule is CC(=O)[C@@H](C)CCCCNC(=O)CC[C@H](NC(=O)CC[C@H](CC(=O)CC[C@H](NC(=O)CCCCCCCCCCCCCCCCC(=O)O)C(=O)O)C(=O)O)C(=O)O.[HH]. The van der Waals surface area contributed by atoms with E-state index in [4.69, 9.17) is 5.11 Å². The molecule has 0 aliphatic heterocycles. The van der Waals surface area contributed by atoms with E-state index in [0.29, 0.717) is 25.8 Å². The van der Waals surface area contributed by atoms with Crippen molar-refractivity contribution in [1.82, 2.24) is 16.0 Å². The molecule has 0 radical (unpaired) electrons. The van der Waals surface area contributed by atoms with Crippen molar-refractivity contribution in [1.29, 1.82) is 0 Å². The van der Waals surface area contributed by atoms with Gasteiger partial charge in [0.25, 0.3) is 0 Å². The Hall–Kier alpha value is -4.37. The summed E-state index contributed by atoms with van der Waals surface area (Å²) >= 11 is 0. The summed E-state index contributed by atoms with van der Waals surface area (Å²) in [7, 11) is 0. The molecular formula is C42H73N3O13. The standard InChI is InChI=1S/C42H71N3O13.H2/c1-30(31(2)46)19-17-18-28-43-36(48)27-25-35(42(57)58)45-38(50)26-22-32(40(53)54)29-33(47)23-24-34(41(55)56)44-37(49)20-15-13-11-9-7-5-3-4-6-8-10-12-14-16-21-39(51)52;/h30,32,34-35H,3-29H2,1-2H3,(H,43,48)(H,44,49)(H,45,50)(H,51,52)(H,53,54)(H,55,56)(H,57,58);1H/t30-,32+,34-,35-;/m0./s1. The number of nitrogens with one attached hydrogen (secondary N) is 3. The smallest absolute Gasteiger partial charge is 0.326 e. The molecule has 3 amide bonds. The van der Waals surface area contributed by atoms with Gasteiger partial charge in [-0.15, -0.1) is 0 Å². The van der Waals surface area contributed by atoms with Gasteiger partial charge in [-0.3, -0.25) is 33.6 Å². The van der Waals surface area contributed by atoms with Crippen LogP contribution in [-0.4, -0.2) is 92.2 Å². The average molecular weight is 828 g/mol. The molecule has 0 rings (SSSR count). The van der Waals surface area contributed by atoms with E-state index in [2.05, 4.69) is 16.0 Å². The maximum atomic E-state index is 12.6. The number of amides is 3. The fourth-order valence-corrected chi connectivity index (χ4v) is 6.40. The number of ketones is 2. The topological polar surface area (TPSA) is 271 Å². The van der Waals surface area contributed by atoms with Crippen LogP contribution in [0, 0.1) is 11.8 Å². The first kappa shape index (κ1) is 53.6. The van der Waals surface area contributed by atoms with E-state index >= 15 is 0 Å². The monoisotopic (exact) mass is 828 g/mol. The number of Topliss-reactive ketones (excluding diaryl/α,β-unsaturated/α-hetero) is 2. The Bertz CT molecular complexity index is 1300. The fraction of sp³-hybridized carbons (Fsp3) is 0.786. The van der Waals surface area contributed by atoms with Crippen molar-refractivity contribution in [2.45, 2.75) is 193 Å². The number of hydrogen-bond donors (Lipinski definition) is 7. The first-order chi connectivity index (χ1) is 27.5. The molecule has 4 atom stereocenters. The van der Waals surface area contributed by atoms with Crippen LogP contribution in [0.5, 0.6) is 0 Å². The van der Waals surface area contributed by atoms with Gasteiger partial charge in [0, 0.05) is 52.4 Å². The van der Waals surface area contributed by atoms with Crippen LogP contribution >= 0.6 is 0 Å². The molecule has 58 heavy (non-hydrogen) atoms. The average Bonchev–Trinajstić information content (AvgIpc) is 3.15. The van der Waals surface area contributed by atoms with Crippen LogP contribution in [0.4, 0.5) is 0 Å². The number of carboxylic acid groups (broad SMARTS) is 4. The maximum absolute atomic E-state index is 12.6. The van der Waals surface area contributed by atoms with Crippen LogP contribution < -0.4 is 16.0 Å². The lowest BCUT2D eigenvalue weighted by Gasteiger charge is -2.17. The van der Waals surface area contributed by atoms with Gasteiger partial charge in [0.15, 0.2) is 0 Å². The van der Waals surface area contributed by atoms with Gasteiger partial charge in [0.1, 0.15) is 23.7 Å². The van der Waals surface area contributed by atoms with Crippen molar-refractivity contribution >= 4 is 53.2 Å². The molecule has 0 heterocycles. The molecule has 0 aliphatic carbocycles. The Morgan fingerprint density at radius 2 is 0.897 bits per heavy atom. The summed E-state index contributed by atoms with van der Waals surface area (Å²) in [5.74, 6) is -8.15. The molecule has 0 aliphatic rings. The summed E-state index contributed by atoms with van der Waals surface area (Å²) < 4.78 is 0. The zero-order valence-corrected chi connectivity index (χ0v) is 34.9. The molecule has 16 nitrogen and oxygen atoms in total. The minimum atomic E-state index is -1.39. The fourth-order valence-electron chi connectivity index (χ4n) is 6.40. The molecule has 0 spiro atoms.